The van der Waals surface area contributed by atoms with Crippen molar-refractivity contribution in [1.82, 2.24) is 4.98 Å². The number of Topliss-reactive ketones (excluding diaryl/α,β-unsaturated/α-hetero) is 1. The Labute approximate surface area is 202 Å². The summed E-state index contributed by atoms with van der Waals surface area (Å²) in [4.78, 5) is 28.4. The molecule has 35 heavy (non-hydrogen) atoms. The van der Waals surface area contributed by atoms with E-state index in [0.29, 0.717) is 23.0 Å². The lowest BCUT2D eigenvalue weighted by molar-refractivity contribution is -0.118. The number of nitrogens with one attached hydrogen (secondary N) is 1. The lowest BCUT2D eigenvalue weighted by atomic mass is 9.99. The molecule has 0 bridgehead atoms. The van der Waals surface area contributed by atoms with Crippen LogP contribution >= 0.6 is 0 Å². The van der Waals surface area contributed by atoms with E-state index in [2.05, 4.69) is 10.3 Å². The van der Waals surface area contributed by atoms with Crippen molar-refractivity contribution in [2.75, 3.05) is 19.0 Å². The Bertz CT molecular complexity index is 1230. The first-order valence-corrected chi connectivity index (χ1v) is 11.4. The molecule has 0 aliphatic heterocycles. The van der Waals surface area contributed by atoms with Crippen molar-refractivity contribution in [3.8, 4) is 11.5 Å². The summed E-state index contributed by atoms with van der Waals surface area (Å²) in [5.74, 6) is -0.199. The first-order valence-electron chi connectivity index (χ1n) is 11.4. The van der Waals surface area contributed by atoms with E-state index in [4.69, 9.17) is 9.47 Å². The average Bonchev–Trinajstić information content (AvgIpc) is 3.67. The Morgan fingerprint density at radius 2 is 1.74 bits per heavy atom. The molecule has 1 N–H and O–H groups in total. The summed E-state index contributed by atoms with van der Waals surface area (Å²) in [6, 6.07) is 12.2. The maximum atomic E-state index is 14.7. The summed E-state index contributed by atoms with van der Waals surface area (Å²) in [6.07, 6.45) is 3.59. The number of halogens is 2. The van der Waals surface area contributed by atoms with E-state index in [1.807, 2.05) is 0 Å². The fourth-order valence-electron chi connectivity index (χ4n) is 3.70. The molecule has 0 saturated heterocycles. The average molecular weight is 481 g/mol. The largest absolute Gasteiger partial charge is 0.457 e. The lowest BCUT2D eigenvalue weighted by Crippen LogP contribution is -2.14. The summed E-state index contributed by atoms with van der Waals surface area (Å²) < 4.78 is 39.4. The minimum absolute atomic E-state index is 0.0834. The first kappa shape index (κ1) is 24.5. The van der Waals surface area contributed by atoms with Crippen LogP contribution < -0.4 is 10.1 Å². The topological polar surface area (TPSA) is 77.5 Å². The molecule has 3 aromatic rings. The van der Waals surface area contributed by atoms with E-state index in [1.54, 1.807) is 24.3 Å². The van der Waals surface area contributed by atoms with Crippen molar-refractivity contribution < 1.29 is 27.8 Å². The number of methoxy groups -OCH3 is 1. The van der Waals surface area contributed by atoms with Gasteiger partial charge >= 0.3 is 0 Å². The maximum absolute atomic E-state index is 14.7. The predicted molar refractivity (Wildman–Crippen MR) is 127 cm³/mol. The fourth-order valence-corrected chi connectivity index (χ4v) is 3.70. The monoisotopic (exact) mass is 480 g/mol. The van der Waals surface area contributed by atoms with Crippen molar-refractivity contribution in [2.45, 2.75) is 38.0 Å². The van der Waals surface area contributed by atoms with E-state index in [1.165, 1.54) is 37.6 Å². The molecule has 1 aliphatic rings. The third-order valence-corrected chi connectivity index (χ3v) is 5.69. The van der Waals surface area contributed by atoms with Gasteiger partial charge in [0.1, 0.15) is 34.7 Å². The SMILES string of the molecule is COCCC(=O)Nc1cc(Oc2ccc(CC(=O)Cc3cc(C4CC4)ccc3F)c(F)c2)ccn1. The number of nitrogens with zero attached hydrogens (tertiary/aromatic N) is 1. The Hall–Kier alpha value is -3.65. The number of carbonyl (C=O) groups excluding carboxylic acids is 2. The highest BCUT2D eigenvalue weighted by atomic mass is 19.1. The van der Waals surface area contributed by atoms with Gasteiger partial charge in [0.05, 0.1) is 13.0 Å². The van der Waals surface area contributed by atoms with Crippen molar-refractivity contribution in [1.29, 1.82) is 0 Å². The van der Waals surface area contributed by atoms with Crippen LogP contribution in [0.1, 0.15) is 41.9 Å². The molecule has 6 nitrogen and oxygen atoms in total. The third-order valence-electron chi connectivity index (χ3n) is 5.69. The zero-order valence-electron chi connectivity index (χ0n) is 19.4. The molecule has 1 aliphatic carbocycles. The normalized spacial score (nSPS) is 12.9. The second-order valence-corrected chi connectivity index (χ2v) is 8.54. The van der Waals surface area contributed by atoms with Gasteiger partial charge in [-0.15, -0.1) is 0 Å². The van der Waals surface area contributed by atoms with Gasteiger partial charge in [-0.3, -0.25) is 9.59 Å². The number of amides is 1. The highest BCUT2D eigenvalue weighted by molar-refractivity contribution is 5.90. The van der Waals surface area contributed by atoms with Gasteiger partial charge in [0.2, 0.25) is 5.91 Å². The molecule has 0 atom stereocenters. The number of ether oxygens (including phenoxy) is 2. The second kappa shape index (κ2) is 11.2. The van der Waals surface area contributed by atoms with Crippen LogP contribution in [0, 0.1) is 11.6 Å². The van der Waals surface area contributed by atoms with Crippen molar-refractivity contribution in [3.05, 3.63) is 83.1 Å². The molecule has 0 radical (unpaired) electrons. The molecule has 1 saturated carbocycles. The minimum Gasteiger partial charge on any atom is -0.457 e. The van der Waals surface area contributed by atoms with Crippen LogP contribution in [0.3, 0.4) is 0 Å². The number of hydrogen-bond donors (Lipinski definition) is 1. The Morgan fingerprint density at radius 1 is 0.971 bits per heavy atom. The lowest BCUT2D eigenvalue weighted by Gasteiger charge is -2.10. The van der Waals surface area contributed by atoms with E-state index in [-0.39, 0.29) is 48.9 Å². The number of pyridine rings is 1. The summed E-state index contributed by atoms with van der Waals surface area (Å²) >= 11 is 0. The number of anilines is 1. The molecule has 1 heterocycles. The van der Waals surface area contributed by atoms with Crippen molar-refractivity contribution in [3.63, 3.8) is 0 Å². The van der Waals surface area contributed by atoms with Gasteiger partial charge in [-0.2, -0.15) is 0 Å². The molecule has 2 aromatic carbocycles. The molecule has 0 unspecified atom stereocenters. The van der Waals surface area contributed by atoms with Crippen LogP contribution in [0.2, 0.25) is 0 Å². The summed E-state index contributed by atoms with van der Waals surface area (Å²) in [5.41, 5.74) is 1.61. The zero-order chi connectivity index (χ0) is 24.8. The maximum Gasteiger partial charge on any atom is 0.227 e. The van der Waals surface area contributed by atoms with Gasteiger partial charge in [-0.25, -0.2) is 13.8 Å². The smallest absolute Gasteiger partial charge is 0.227 e. The van der Waals surface area contributed by atoms with Gasteiger partial charge in [0, 0.05) is 38.3 Å². The van der Waals surface area contributed by atoms with Gasteiger partial charge in [0.25, 0.3) is 0 Å². The molecule has 8 heteroatoms. The molecule has 4 rings (SSSR count). The van der Waals surface area contributed by atoms with Gasteiger partial charge in [-0.05, 0) is 53.6 Å². The van der Waals surface area contributed by atoms with Crippen LogP contribution in [-0.4, -0.2) is 30.4 Å². The number of hydrogen-bond acceptors (Lipinski definition) is 5. The zero-order valence-corrected chi connectivity index (χ0v) is 19.4. The second-order valence-electron chi connectivity index (χ2n) is 8.54. The molecular formula is C27H26F2N2O4. The number of benzene rings is 2. The van der Waals surface area contributed by atoms with Crippen molar-refractivity contribution >= 4 is 17.5 Å². The quantitative estimate of drug-likeness (QED) is 0.400. The summed E-state index contributed by atoms with van der Waals surface area (Å²) in [7, 11) is 1.51. The summed E-state index contributed by atoms with van der Waals surface area (Å²) in [6.45, 7) is 0.290. The van der Waals surface area contributed by atoms with E-state index >= 15 is 0 Å². The molecule has 1 aromatic heterocycles. The van der Waals surface area contributed by atoms with Crippen molar-refractivity contribution in [2.24, 2.45) is 0 Å². The Kier molecular flexibility index (Phi) is 7.82. The summed E-state index contributed by atoms with van der Waals surface area (Å²) in [5, 5.41) is 2.63. The molecule has 182 valence electrons. The predicted octanol–water partition coefficient (Wildman–Crippen LogP) is 5.36. The van der Waals surface area contributed by atoms with Crippen LogP contribution in [0.5, 0.6) is 11.5 Å². The molecule has 1 amide bonds. The minimum atomic E-state index is -0.592. The van der Waals surface area contributed by atoms with E-state index < -0.39 is 11.6 Å². The van der Waals surface area contributed by atoms with Crippen LogP contribution in [0.25, 0.3) is 0 Å². The van der Waals surface area contributed by atoms with Crippen LogP contribution in [0.4, 0.5) is 14.6 Å². The third kappa shape index (κ3) is 6.93. The Morgan fingerprint density at radius 3 is 2.49 bits per heavy atom. The number of ketones is 1. The number of carbonyl (C=O) groups is 2. The molecule has 1 fully saturated rings. The number of aromatic nitrogens is 1. The van der Waals surface area contributed by atoms with E-state index in [0.717, 1.165) is 18.4 Å². The van der Waals surface area contributed by atoms with Gasteiger partial charge in [0.15, 0.2) is 0 Å². The van der Waals surface area contributed by atoms with Crippen LogP contribution in [0.15, 0.2) is 54.7 Å². The Balaban J connectivity index is 1.36. The highest BCUT2D eigenvalue weighted by Crippen LogP contribution is 2.40. The van der Waals surface area contributed by atoms with Crippen LogP contribution in [-0.2, 0) is 27.2 Å². The van der Waals surface area contributed by atoms with Gasteiger partial charge in [-0.1, -0.05) is 18.2 Å². The molecular weight excluding hydrogens is 454 g/mol. The van der Waals surface area contributed by atoms with E-state index in [9.17, 15) is 18.4 Å². The molecule has 0 spiro atoms. The standard InChI is InChI=1S/C27H26F2N2O4/c1-34-11-9-27(33)31-26-16-23(8-10-30-26)35-22-6-4-19(25(29)15-22)13-21(32)14-20-12-18(17-2-3-17)5-7-24(20)28/h4-8,10,12,15-17H,2-3,9,11,13-14H2,1H3,(H,30,31,33). The number of rotatable bonds is 11. The highest BCUT2D eigenvalue weighted by Gasteiger charge is 2.24. The fraction of sp³-hybridized carbons (Fsp3) is 0.296. The van der Waals surface area contributed by atoms with Gasteiger partial charge < -0.3 is 14.8 Å². The first-order chi connectivity index (χ1) is 16.9.